The molecule has 5 rings (SSSR count). The minimum atomic E-state index is -1.11. The number of rotatable bonds is 4. The van der Waals surface area contributed by atoms with Gasteiger partial charge in [-0.1, -0.05) is 39.3 Å². The molecule has 3 heterocycles. The number of benzene rings is 2. The average Bonchev–Trinajstić information content (AvgIpc) is 3.34. The molecule has 0 radical (unpaired) electrons. The van der Waals surface area contributed by atoms with E-state index in [1.165, 1.54) is 0 Å². The Labute approximate surface area is 214 Å². The van der Waals surface area contributed by atoms with E-state index in [0.717, 1.165) is 39.0 Å². The summed E-state index contributed by atoms with van der Waals surface area (Å²) in [6.07, 6.45) is 4.61. The third-order valence-corrected chi connectivity index (χ3v) is 7.55. The zero-order valence-electron chi connectivity index (χ0n) is 20.4. The van der Waals surface area contributed by atoms with E-state index in [4.69, 9.17) is 4.74 Å². The number of hydrogen-bond donors (Lipinski definition) is 1. The second-order valence-corrected chi connectivity index (χ2v) is 11.3. The molecule has 0 saturated carbocycles. The predicted octanol–water partition coefficient (Wildman–Crippen LogP) is 4.49. The fourth-order valence-electron chi connectivity index (χ4n) is 5.19. The molecular weight excluding hydrogens is 508 g/mol. The summed E-state index contributed by atoms with van der Waals surface area (Å²) >= 11 is 3.49. The van der Waals surface area contributed by atoms with E-state index in [2.05, 4.69) is 46.2 Å². The number of carbonyl (C=O) groups excluding carboxylic acids is 1. The number of hydrogen-bond acceptors (Lipinski definition) is 5. The van der Waals surface area contributed by atoms with E-state index >= 15 is 0 Å². The van der Waals surface area contributed by atoms with E-state index < -0.39 is 5.60 Å². The number of halogens is 1. The highest BCUT2D eigenvalue weighted by Crippen LogP contribution is 2.38. The smallest absolute Gasteiger partial charge is 0.227 e. The lowest BCUT2D eigenvalue weighted by atomic mass is 9.92. The molecule has 1 unspecified atom stereocenters. The van der Waals surface area contributed by atoms with Crippen molar-refractivity contribution in [1.82, 2.24) is 19.9 Å². The molecule has 184 valence electrons. The zero-order valence-corrected chi connectivity index (χ0v) is 22.0. The monoisotopic (exact) mass is 538 g/mol. The van der Waals surface area contributed by atoms with Gasteiger partial charge >= 0.3 is 0 Å². The van der Waals surface area contributed by atoms with Gasteiger partial charge in [0.25, 0.3) is 0 Å². The molecule has 1 fully saturated rings. The number of fused-ring (bicyclic) bond motifs is 1. The molecule has 0 spiro atoms. The Morgan fingerprint density at radius 3 is 2.83 bits per heavy atom. The van der Waals surface area contributed by atoms with Crippen molar-refractivity contribution in [2.45, 2.75) is 64.1 Å². The van der Waals surface area contributed by atoms with E-state index in [1.54, 1.807) is 10.9 Å². The van der Waals surface area contributed by atoms with Crippen LogP contribution < -0.4 is 4.74 Å². The largest absolute Gasteiger partial charge is 0.487 e. The summed E-state index contributed by atoms with van der Waals surface area (Å²) in [6.45, 7) is 7.24. The van der Waals surface area contributed by atoms with Crippen LogP contribution in [0.1, 0.15) is 55.5 Å². The Kier molecular flexibility index (Phi) is 6.21. The number of ether oxygens (including phenoxy) is 1. The van der Waals surface area contributed by atoms with Gasteiger partial charge < -0.3 is 14.7 Å². The fourth-order valence-corrected chi connectivity index (χ4v) is 5.66. The molecule has 7 nitrogen and oxygen atoms in total. The molecule has 8 heteroatoms. The van der Waals surface area contributed by atoms with Crippen molar-refractivity contribution in [2.75, 3.05) is 13.1 Å². The van der Waals surface area contributed by atoms with Crippen LogP contribution in [0, 0.1) is 6.92 Å². The zero-order chi connectivity index (χ0) is 24.8. The minimum absolute atomic E-state index is 0.0603. The van der Waals surface area contributed by atoms with Gasteiger partial charge in [-0.15, -0.1) is 5.10 Å². The molecule has 2 aliphatic heterocycles. The Bertz CT molecular complexity index is 1270. The summed E-state index contributed by atoms with van der Waals surface area (Å²) in [5.74, 6) is 0.919. The van der Waals surface area contributed by atoms with Crippen molar-refractivity contribution in [1.29, 1.82) is 0 Å². The molecule has 2 aliphatic rings. The lowest BCUT2D eigenvalue weighted by molar-refractivity contribution is -0.130. The van der Waals surface area contributed by atoms with E-state index in [9.17, 15) is 9.90 Å². The fraction of sp³-hybridized carbons (Fsp3) is 0.444. The summed E-state index contributed by atoms with van der Waals surface area (Å²) in [5.41, 5.74) is 3.26. The number of amides is 1. The first-order chi connectivity index (χ1) is 16.6. The topological polar surface area (TPSA) is 80.5 Å². The molecule has 1 saturated heterocycles. The molecule has 0 aliphatic carbocycles. The molecule has 35 heavy (non-hydrogen) atoms. The molecule has 2 aromatic carbocycles. The first-order valence-electron chi connectivity index (χ1n) is 12.1. The Balaban J connectivity index is 1.28. The molecule has 1 N–H and O–H groups in total. The maximum Gasteiger partial charge on any atom is 0.227 e. The van der Waals surface area contributed by atoms with Gasteiger partial charge in [-0.3, -0.25) is 4.79 Å². The lowest BCUT2D eigenvalue weighted by Crippen LogP contribution is -2.35. The molecule has 1 aromatic heterocycles. The van der Waals surface area contributed by atoms with Crippen LogP contribution in [0.25, 0.3) is 5.69 Å². The van der Waals surface area contributed by atoms with Crippen molar-refractivity contribution in [2.24, 2.45) is 0 Å². The highest BCUT2D eigenvalue weighted by atomic mass is 79.9. The Hall–Kier alpha value is -2.71. The van der Waals surface area contributed by atoms with Crippen LogP contribution in [0.15, 0.2) is 47.1 Å². The molecule has 1 amide bonds. The molecular formula is C27H31BrN4O3. The van der Waals surface area contributed by atoms with Gasteiger partial charge in [0.2, 0.25) is 5.91 Å². The highest BCUT2D eigenvalue weighted by molar-refractivity contribution is 9.10. The van der Waals surface area contributed by atoms with E-state index in [-0.39, 0.29) is 11.5 Å². The van der Waals surface area contributed by atoms with Crippen molar-refractivity contribution in [3.8, 4) is 11.4 Å². The first-order valence-corrected chi connectivity index (χ1v) is 12.9. The van der Waals surface area contributed by atoms with Crippen LogP contribution in [0.5, 0.6) is 5.75 Å². The number of para-hydroxylation sites is 1. The first kappa shape index (κ1) is 24.0. The van der Waals surface area contributed by atoms with Crippen molar-refractivity contribution >= 4 is 21.8 Å². The van der Waals surface area contributed by atoms with Gasteiger partial charge in [-0.05, 0) is 69.4 Å². The maximum absolute atomic E-state index is 13.2. The van der Waals surface area contributed by atoms with Crippen LogP contribution >= 0.6 is 15.9 Å². The number of likely N-dealkylation sites (tertiary alicyclic amines) is 1. The van der Waals surface area contributed by atoms with E-state index in [0.29, 0.717) is 44.5 Å². The van der Waals surface area contributed by atoms with Crippen LogP contribution in [0.3, 0.4) is 0 Å². The normalized spacial score (nSPS) is 21.3. The quantitative estimate of drug-likeness (QED) is 0.529. The number of aliphatic hydroxyl groups is 1. The van der Waals surface area contributed by atoms with Gasteiger partial charge in [0.1, 0.15) is 22.6 Å². The Morgan fingerprint density at radius 1 is 1.20 bits per heavy atom. The van der Waals surface area contributed by atoms with Crippen LogP contribution in [0.4, 0.5) is 0 Å². The summed E-state index contributed by atoms with van der Waals surface area (Å²) < 4.78 is 8.86. The van der Waals surface area contributed by atoms with Gasteiger partial charge in [-0.25, -0.2) is 4.68 Å². The Morgan fingerprint density at radius 2 is 2.03 bits per heavy atom. The highest BCUT2D eigenvalue weighted by Gasteiger charge is 2.37. The molecule has 1 atom stereocenters. The summed E-state index contributed by atoms with van der Waals surface area (Å²) in [6, 6.07) is 12.0. The van der Waals surface area contributed by atoms with Crippen molar-refractivity contribution in [3.63, 3.8) is 0 Å². The number of aryl methyl sites for hydroxylation is 1. The second kappa shape index (κ2) is 9.06. The number of nitrogens with zero attached hydrogens (tertiary/aromatic N) is 4. The van der Waals surface area contributed by atoms with Gasteiger partial charge in [0.15, 0.2) is 0 Å². The summed E-state index contributed by atoms with van der Waals surface area (Å²) in [4.78, 5) is 15.1. The summed E-state index contributed by atoms with van der Waals surface area (Å²) in [7, 11) is 0. The van der Waals surface area contributed by atoms with Crippen molar-refractivity contribution < 1.29 is 14.6 Å². The van der Waals surface area contributed by atoms with Crippen molar-refractivity contribution in [3.05, 3.63) is 69.5 Å². The summed E-state index contributed by atoms with van der Waals surface area (Å²) in [5, 5.41) is 20.1. The lowest BCUT2D eigenvalue weighted by Gasteiger charge is -2.25. The maximum atomic E-state index is 13.2. The number of aromatic nitrogens is 3. The average molecular weight is 539 g/mol. The minimum Gasteiger partial charge on any atom is -0.487 e. The van der Waals surface area contributed by atoms with Crippen LogP contribution in [0.2, 0.25) is 0 Å². The number of carbonyl (C=O) groups is 1. The van der Waals surface area contributed by atoms with Crippen LogP contribution in [-0.2, 0) is 23.2 Å². The van der Waals surface area contributed by atoms with Gasteiger partial charge in [-0.2, -0.15) is 0 Å². The predicted molar refractivity (Wildman–Crippen MR) is 137 cm³/mol. The molecule has 0 bridgehead atoms. The van der Waals surface area contributed by atoms with Gasteiger partial charge in [0, 0.05) is 29.5 Å². The SMILES string of the molecule is Cc1cc(Br)ccc1-n1cc(C2(O)CCCN(C(=O)Cc3cccc4c3OC(C)(C)C4)CC2)nn1. The second-order valence-electron chi connectivity index (χ2n) is 10.4. The molecule has 3 aromatic rings. The van der Waals surface area contributed by atoms with Crippen LogP contribution in [-0.4, -0.2) is 49.6 Å². The standard InChI is InChI=1S/C27H31BrN4O3/c1-18-14-21(28)8-9-22(18)32-17-23(29-30-32)27(34)10-5-12-31(13-11-27)24(33)15-19-6-4-7-20-16-26(2,3)35-25(19)20/h4,6-9,14,17,34H,5,10-13,15-16H2,1-3H3. The third kappa shape index (κ3) is 4.86. The third-order valence-electron chi connectivity index (χ3n) is 7.06. The van der Waals surface area contributed by atoms with E-state index in [1.807, 2.05) is 42.2 Å². The van der Waals surface area contributed by atoms with Gasteiger partial charge in [0.05, 0.1) is 18.3 Å².